The number of hydrazone groups is 1. The van der Waals surface area contributed by atoms with Gasteiger partial charge in [0, 0.05) is 20.6 Å². The van der Waals surface area contributed by atoms with Crippen LogP contribution in [0.15, 0.2) is 41.5 Å². The second-order valence-electron chi connectivity index (χ2n) is 5.36. The van der Waals surface area contributed by atoms with E-state index in [1.54, 1.807) is 24.3 Å². The van der Waals surface area contributed by atoms with Crippen molar-refractivity contribution in [3.63, 3.8) is 0 Å². The van der Waals surface area contributed by atoms with Gasteiger partial charge < -0.3 is 10.5 Å². The van der Waals surface area contributed by atoms with E-state index < -0.39 is 23.7 Å². The van der Waals surface area contributed by atoms with Gasteiger partial charge >= 0.3 is 12.1 Å². The van der Waals surface area contributed by atoms with Crippen molar-refractivity contribution in [2.45, 2.75) is 5.92 Å². The van der Waals surface area contributed by atoms with Gasteiger partial charge in [-0.15, -0.1) is 0 Å². The summed E-state index contributed by atoms with van der Waals surface area (Å²) >= 11 is 18.5. The maximum absolute atomic E-state index is 11.5. The minimum absolute atomic E-state index is 0.148. The van der Waals surface area contributed by atoms with Crippen molar-refractivity contribution in [3.8, 4) is 12.1 Å². The molecule has 1 atom stereocenters. The number of nitrogens with two attached hydrogens (primary N) is 1. The number of ether oxygens (including phenoxy) is 1. The summed E-state index contributed by atoms with van der Waals surface area (Å²) in [6, 6.07) is 13.1. The molecule has 0 aliphatic rings. The Bertz CT molecular complexity index is 1050. The Morgan fingerprint density at radius 2 is 1.69 bits per heavy atom. The number of anilines is 1. The summed E-state index contributed by atoms with van der Waals surface area (Å²) < 4.78 is 4.07. The molecular weight excluding hydrogens is 441 g/mol. The predicted molar refractivity (Wildman–Crippen MR) is 108 cm³/mol. The van der Waals surface area contributed by atoms with Crippen LogP contribution in [0.5, 0.6) is 0 Å². The number of hydrogen-bond acceptors (Lipinski definition) is 7. The van der Waals surface area contributed by atoms with E-state index in [4.69, 9.17) is 45.8 Å². The van der Waals surface area contributed by atoms with E-state index in [1.165, 1.54) is 18.2 Å². The molecule has 0 spiro atoms. The van der Waals surface area contributed by atoms with Crippen LogP contribution in [0.25, 0.3) is 0 Å². The van der Waals surface area contributed by atoms with E-state index in [0.29, 0.717) is 16.1 Å². The average molecular weight is 451 g/mol. The quantitative estimate of drug-likeness (QED) is 0.302. The summed E-state index contributed by atoms with van der Waals surface area (Å²) in [4.78, 5) is 22.1. The Kier molecular flexibility index (Phi) is 7.40. The molecule has 0 aromatic heterocycles. The number of esters is 1. The van der Waals surface area contributed by atoms with Gasteiger partial charge in [0.2, 0.25) is 5.71 Å². The highest BCUT2D eigenvalue weighted by Gasteiger charge is 2.21. The standard InChI is InChI=1S/C18H10Cl3N5O3/c19-10-3-1-9(2-4-10)12(7-22)16-13(20)5-11(6-14(16)21)25-26-15(8-23)17(27)29-18(24)28/h1-6,12,25H,(H2,24,28). The summed E-state index contributed by atoms with van der Waals surface area (Å²) in [6.45, 7) is 0. The fourth-order valence-electron chi connectivity index (χ4n) is 2.26. The number of carbonyl (C=O) groups is 2. The molecular formula is C18H10Cl3N5O3. The Labute approximate surface area is 180 Å². The second-order valence-corrected chi connectivity index (χ2v) is 6.61. The fraction of sp³-hybridized carbons (Fsp3) is 0.0556. The molecule has 0 aliphatic carbocycles. The van der Waals surface area contributed by atoms with Gasteiger partial charge in [0.1, 0.15) is 6.07 Å². The summed E-state index contributed by atoms with van der Waals surface area (Å²) in [6.07, 6.45) is -1.38. The SMILES string of the molecule is N#CC(=NNc1cc(Cl)c(C(C#N)c2ccc(Cl)cc2)c(Cl)c1)C(=O)OC(N)=O. The van der Waals surface area contributed by atoms with Gasteiger partial charge in [-0.1, -0.05) is 46.9 Å². The number of amides is 1. The number of rotatable bonds is 5. The number of hydrogen-bond donors (Lipinski definition) is 2. The van der Waals surface area contributed by atoms with E-state index >= 15 is 0 Å². The van der Waals surface area contributed by atoms with Gasteiger partial charge in [0.05, 0.1) is 17.7 Å². The van der Waals surface area contributed by atoms with Crippen LogP contribution < -0.4 is 11.2 Å². The summed E-state index contributed by atoms with van der Waals surface area (Å²) in [7, 11) is 0. The third kappa shape index (κ3) is 5.59. The monoisotopic (exact) mass is 449 g/mol. The molecule has 1 unspecified atom stereocenters. The molecule has 1 amide bonds. The highest BCUT2D eigenvalue weighted by Crippen LogP contribution is 2.38. The maximum Gasteiger partial charge on any atom is 0.412 e. The van der Waals surface area contributed by atoms with Gasteiger partial charge in [-0.3, -0.25) is 5.43 Å². The van der Waals surface area contributed by atoms with Gasteiger partial charge in [-0.05, 0) is 29.8 Å². The zero-order valence-electron chi connectivity index (χ0n) is 14.3. The van der Waals surface area contributed by atoms with E-state index in [1.807, 2.05) is 0 Å². The zero-order valence-corrected chi connectivity index (χ0v) is 16.6. The van der Waals surface area contributed by atoms with Crippen LogP contribution in [0.4, 0.5) is 10.5 Å². The van der Waals surface area contributed by atoms with Crippen LogP contribution in [0, 0.1) is 22.7 Å². The number of nitrogens with zero attached hydrogens (tertiary/aromatic N) is 3. The van der Waals surface area contributed by atoms with Crippen LogP contribution in [0.1, 0.15) is 17.0 Å². The number of halogens is 3. The van der Waals surface area contributed by atoms with Gasteiger partial charge in [-0.25, -0.2) is 9.59 Å². The Balaban J connectivity index is 2.33. The molecule has 11 heteroatoms. The fourth-order valence-corrected chi connectivity index (χ4v) is 3.09. The van der Waals surface area contributed by atoms with Crippen molar-refractivity contribution in [3.05, 3.63) is 62.6 Å². The highest BCUT2D eigenvalue weighted by molar-refractivity contribution is 6.44. The number of carbonyl (C=O) groups excluding carboxylic acids is 2. The molecule has 0 bridgehead atoms. The average Bonchev–Trinajstić information content (AvgIpc) is 2.65. The first-order chi connectivity index (χ1) is 13.8. The molecule has 0 saturated carbocycles. The van der Waals surface area contributed by atoms with Crippen molar-refractivity contribution in [2.24, 2.45) is 10.8 Å². The first-order valence-electron chi connectivity index (χ1n) is 7.66. The van der Waals surface area contributed by atoms with Gasteiger partial charge in [0.15, 0.2) is 0 Å². The van der Waals surface area contributed by atoms with Crippen molar-refractivity contribution >= 4 is 58.3 Å². The van der Waals surface area contributed by atoms with Crippen molar-refractivity contribution < 1.29 is 14.3 Å². The van der Waals surface area contributed by atoms with E-state index in [-0.39, 0.29) is 15.7 Å². The second kappa shape index (κ2) is 9.76. The van der Waals surface area contributed by atoms with E-state index in [2.05, 4.69) is 21.3 Å². The van der Waals surface area contributed by atoms with Crippen LogP contribution >= 0.6 is 34.8 Å². The van der Waals surface area contributed by atoms with Gasteiger partial charge in [0.25, 0.3) is 0 Å². The summed E-state index contributed by atoms with van der Waals surface area (Å²) in [5.74, 6) is -2.08. The lowest BCUT2D eigenvalue weighted by atomic mass is 9.92. The van der Waals surface area contributed by atoms with Gasteiger partial charge in [-0.2, -0.15) is 15.6 Å². The largest absolute Gasteiger partial charge is 0.412 e. The molecule has 3 N–H and O–H groups in total. The normalized spacial score (nSPS) is 11.7. The molecule has 8 nitrogen and oxygen atoms in total. The Hall–Kier alpha value is -3.30. The first-order valence-corrected chi connectivity index (χ1v) is 8.79. The Morgan fingerprint density at radius 1 is 1.10 bits per heavy atom. The van der Waals surface area contributed by atoms with Crippen LogP contribution in [-0.2, 0) is 9.53 Å². The minimum Gasteiger partial charge on any atom is -0.371 e. The smallest absolute Gasteiger partial charge is 0.371 e. The highest BCUT2D eigenvalue weighted by atomic mass is 35.5. The predicted octanol–water partition coefficient (Wildman–Crippen LogP) is 4.22. The topological polar surface area (TPSA) is 141 Å². The third-order valence-corrected chi connectivity index (χ3v) is 4.37. The molecule has 146 valence electrons. The molecule has 0 saturated heterocycles. The number of nitrogens with one attached hydrogen (secondary N) is 1. The van der Waals surface area contributed by atoms with Crippen LogP contribution in [0.2, 0.25) is 15.1 Å². The Morgan fingerprint density at radius 3 is 2.17 bits per heavy atom. The zero-order chi connectivity index (χ0) is 21.6. The molecule has 29 heavy (non-hydrogen) atoms. The minimum atomic E-state index is -1.38. The van der Waals surface area contributed by atoms with Crippen LogP contribution in [-0.4, -0.2) is 17.8 Å². The van der Waals surface area contributed by atoms with Crippen molar-refractivity contribution in [1.29, 1.82) is 10.5 Å². The van der Waals surface area contributed by atoms with Crippen molar-refractivity contribution in [2.75, 3.05) is 5.43 Å². The molecule has 2 rings (SSSR count). The lowest BCUT2D eigenvalue weighted by molar-refractivity contribution is -0.129. The molecule has 0 fully saturated rings. The summed E-state index contributed by atoms with van der Waals surface area (Å²) in [5, 5.41) is 22.9. The first kappa shape index (κ1) is 22.0. The lowest BCUT2D eigenvalue weighted by Crippen LogP contribution is -2.24. The van der Waals surface area contributed by atoms with Crippen molar-refractivity contribution in [1.82, 2.24) is 0 Å². The molecule has 2 aromatic carbocycles. The van der Waals surface area contributed by atoms with E-state index in [9.17, 15) is 14.9 Å². The summed E-state index contributed by atoms with van der Waals surface area (Å²) in [5.41, 5.74) is 7.58. The number of primary amides is 1. The van der Waals surface area contributed by atoms with Crippen LogP contribution in [0.3, 0.4) is 0 Å². The molecule has 2 aromatic rings. The maximum atomic E-state index is 11.5. The third-order valence-electron chi connectivity index (χ3n) is 3.49. The number of nitriles is 2. The lowest BCUT2D eigenvalue weighted by Gasteiger charge is -2.15. The molecule has 0 radical (unpaired) electrons. The van der Waals surface area contributed by atoms with E-state index in [0.717, 1.165) is 0 Å². The molecule has 0 heterocycles. The molecule has 0 aliphatic heterocycles. The number of benzene rings is 2.